The fourth-order valence-electron chi connectivity index (χ4n) is 3.58. The lowest BCUT2D eigenvalue weighted by Gasteiger charge is -2.27. The average Bonchev–Trinajstić information content (AvgIpc) is 3.45. The second kappa shape index (κ2) is 8.26. The lowest BCUT2D eigenvalue weighted by atomic mass is 10.1. The number of nitrogens with zero attached hydrogens (tertiary/aromatic N) is 2. The van der Waals surface area contributed by atoms with Gasteiger partial charge in [0, 0.05) is 22.8 Å². The standard InChI is InChI=1S/C24H21N3O2S/c28-24(27-12-14-29-15-13-27)19(23-25-20-8-4-5-9-21(20)26-23)16-18-10-11-22(30-18)17-6-2-1-3-7-17/h1-11,16H,12-15H2,(H,25,26). The number of benzene rings is 2. The number of imidazole rings is 1. The summed E-state index contributed by atoms with van der Waals surface area (Å²) in [5.41, 5.74) is 3.52. The van der Waals surface area contributed by atoms with Gasteiger partial charge in [-0.3, -0.25) is 4.79 Å². The maximum Gasteiger partial charge on any atom is 0.257 e. The first-order chi connectivity index (χ1) is 14.8. The molecule has 1 aliphatic rings. The Morgan fingerprint density at radius 3 is 2.57 bits per heavy atom. The summed E-state index contributed by atoms with van der Waals surface area (Å²) in [6.45, 7) is 2.32. The molecule has 0 spiro atoms. The number of fused-ring (bicyclic) bond motifs is 1. The molecule has 4 aromatic rings. The van der Waals surface area contributed by atoms with Crippen LogP contribution in [-0.4, -0.2) is 47.1 Å². The Balaban J connectivity index is 1.55. The lowest BCUT2D eigenvalue weighted by Crippen LogP contribution is -2.41. The fourth-order valence-corrected chi connectivity index (χ4v) is 4.54. The highest BCUT2D eigenvalue weighted by Gasteiger charge is 2.24. The van der Waals surface area contributed by atoms with Gasteiger partial charge < -0.3 is 14.6 Å². The summed E-state index contributed by atoms with van der Waals surface area (Å²) in [6, 6.07) is 22.3. The van der Waals surface area contributed by atoms with E-state index in [0.29, 0.717) is 37.7 Å². The van der Waals surface area contributed by atoms with Crippen molar-refractivity contribution in [3.63, 3.8) is 0 Å². The zero-order valence-corrected chi connectivity index (χ0v) is 17.2. The molecule has 0 aliphatic carbocycles. The first-order valence-electron chi connectivity index (χ1n) is 9.97. The molecule has 0 atom stereocenters. The van der Waals surface area contributed by atoms with E-state index in [-0.39, 0.29) is 5.91 Å². The van der Waals surface area contributed by atoms with Gasteiger partial charge >= 0.3 is 0 Å². The Morgan fingerprint density at radius 2 is 1.77 bits per heavy atom. The number of H-pyrrole nitrogens is 1. The van der Waals surface area contributed by atoms with E-state index in [1.54, 1.807) is 11.3 Å². The van der Waals surface area contributed by atoms with Crippen molar-refractivity contribution in [2.75, 3.05) is 26.3 Å². The normalized spacial score (nSPS) is 14.9. The van der Waals surface area contributed by atoms with Crippen molar-refractivity contribution in [2.45, 2.75) is 0 Å². The second-order valence-electron chi connectivity index (χ2n) is 7.13. The molecule has 30 heavy (non-hydrogen) atoms. The molecular formula is C24H21N3O2S. The zero-order valence-electron chi connectivity index (χ0n) is 16.4. The number of rotatable bonds is 4. The third-order valence-electron chi connectivity index (χ3n) is 5.14. The monoisotopic (exact) mass is 415 g/mol. The number of nitrogens with one attached hydrogen (secondary N) is 1. The molecule has 1 N–H and O–H groups in total. The molecule has 6 heteroatoms. The van der Waals surface area contributed by atoms with Crippen LogP contribution in [0.3, 0.4) is 0 Å². The summed E-state index contributed by atoms with van der Waals surface area (Å²) >= 11 is 1.67. The summed E-state index contributed by atoms with van der Waals surface area (Å²) in [6.07, 6.45) is 1.95. The molecule has 2 aromatic carbocycles. The summed E-state index contributed by atoms with van der Waals surface area (Å²) in [7, 11) is 0. The van der Waals surface area contributed by atoms with Gasteiger partial charge in [-0.05, 0) is 35.9 Å². The predicted molar refractivity (Wildman–Crippen MR) is 121 cm³/mol. The summed E-state index contributed by atoms with van der Waals surface area (Å²) in [4.78, 5) is 25.4. The number of ether oxygens (including phenoxy) is 1. The molecule has 1 fully saturated rings. The highest BCUT2D eigenvalue weighted by molar-refractivity contribution is 7.16. The number of hydrogen-bond acceptors (Lipinski definition) is 4. The number of para-hydroxylation sites is 2. The van der Waals surface area contributed by atoms with E-state index >= 15 is 0 Å². The maximum absolute atomic E-state index is 13.4. The molecule has 1 aliphatic heterocycles. The van der Waals surface area contributed by atoms with Crippen molar-refractivity contribution < 1.29 is 9.53 Å². The summed E-state index contributed by atoms with van der Waals surface area (Å²) < 4.78 is 5.42. The SMILES string of the molecule is O=C(C(=Cc1ccc(-c2ccccc2)s1)c1nc2ccccc2[nH]1)N1CCOCC1. The van der Waals surface area contributed by atoms with Crippen molar-refractivity contribution in [1.82, 2.24) is 14.9 Å². The van der Waals surface area contributed by atoms with Gasteiger partial charge in [0.05, 0.1) is 29.8 Å². The minimum Gasteiger partial charge on any atom is -0.378 e. The van der Waals surface area contributed by atoms with Gasteiger partial charge in [0.15, 0.2) is 0 Å². The topological polar surface area (TPSA) is 58.2 Å². The van der Waals surface area contributed by atoms with Crippen LogP contribution in [0.1, 0.15) is 10.7 Å². The van der Waals surface area contributed by atoms with Crippen molar-refractivity contribution in [1.29, 1.82) is 0 Å². The molecule has 0 radical (unpaired) electrons. The molecule has 1 amide bonds. The minimum absolute atomic E-state index is 0.0213. The first-order valence-corrected chi connectivity index (χ1v) is 10.8. The van der Waals surface area contributed by atoms with Crippen molar-refractivity contribution in [3.8, 4) is 10.4 Å². The maximum atomic E-state index is 13.4. The van der Waals surface area contributed by atoms with Gasteiger partial charge in [-0.1, -0.05) is 42.5 Å². The first kappa shape index (κ1) is 18.8. The molecule has 150 valence electrons. The quantitative estimate of drug-likeness (QED) is 0.492. The largest absolute Gasteiger partial charge is 0.378 e. The van der Waals surface area contributed by atoms with E-state index in [1.807, 2.05) is 53.4 Å². The lowest BCUT2D eigenvalue weighted by molar-refractivity contribution is -0.128. The van der Waals surface area contributed by atoms with Crippen LogP contribution in [0.25, 0.3) is 33.1 Å². The fraction of sp³-hybridized carbons (Fsp3) is 0.167. The molecule has 1 saturated heterocycles. The summed E-state index contributed by atoms with van der Waals surface area (Å²) in [5.74, 6) is 0.578. The van der Waals surface area contributed by atoms with Crippen molar-refractivity contribution in [2.24, 2.45) is 0 Å². The highest BCUT2D eigenvalue weighted by Crippen LogP contribution is 2.31. The molecule has 5 rings (SSSR count). The Hall–Kier alpha value is -3.22. The predicted octanol–water partition coefficient (Wildman–Crippen LogP) is 4.69. The van der Waals surface area contributed by atoms with Crippen LogP contribution >= 0.6 is 11.3 Å². The molecule has 0 saturated carbocycles. The zero-order chi connectivity index (χ0) is 20.3. The third-order valence-corrected chi connectivity index (χ3v) is 6.23. The Morgan fingerprint density at radius 1 is 1.00 bits per heavy atom. The number of aromatic nitrogens is 2. The van der Waals surface area contributed by atoms with Gasteiger partial charge in [-0.2, -0.15) is 0 Å². The minimum atomic E-state index is -0.0213. The van der Waals surface area contributed by atoms with Crippen LogP contribution in [-0.2, 0) is 9.53 Å². The number of hydrogen-bond donors (Lipinski definition) is 1. The van der Waals surface area contributed by atoms with Crippen LogP contribution in [0.2, 0.25) is 0 Å². The van der Waals surface area contributed by atoms with E-state index < -0.39 is 0 Å². The summed E-state index contributed by atoms with van der Waals surface area (Å²) in [5, 5.41) is 0. The number of thiophene rings is 1. The van der Waals surface area contributed by atoms with E-state index in [4.69, 9.17) is 9.72 Å². The number of carbonyl (C=O) groups excluding carboxylic acids is 1. The molecule has 2 aromatic heterocycles. The van der Waals surface area contributed by atoms with Crippen LogP contribution < -0.4 is 0 Å². The van der Waals surface area contributed by atoms with Gasteiger partial charge in [0.25, 0.3) is 5.91 Å². The van der Waals surface area contributed by atoms with Crippen LogP contribution in [0.15, 0.2) is 66.7 Å². The van der Waals surface area contributed by atoms with Gasteiger partial charge in [0.1, 0.15) is 5.82 Å². The van der Waals surface area contributed by atoms with Gasteiger partial charge in [0.2, 0.25) is 0 Å². The van der Waals surface area contributed by atoms with Crippen LogP contribution in [0.4, 0.5) is 0 Å². The number of morpholine rings is 1. The van der Waals surface area contributed by atoms with Crippen molar-refractivity contribution in [3.05, 3.63) is 77.4 Å². The number of amides is 1. The van der Waals surface area contributed by atoms with Gasteiger partial charge in [-0.15, -0.1) is 11.3 Å². The second-order valence-corrected chi connectivity index (χ2v) is 8.25. The number of aromatic amines is 1. The van der Waals surface area contributed by atoms with E-state index in [1.165, 1.54) is 10.4 Å². The van der Waals surface area contributed by atoms with Crippen LogP contribution in [0.5, 0.6) is 0 Å². The van der Waals surface area contributed by atoms with E-state index in [0.717, 1.165) is 15.9 Å². The van der Waals surface area contributed by atoms with E-state index in [9.17, 15) is 4.79 Å². The number of carbonyl (C=O) groups is 1. The molecule has 0 bridgehead atoms. The molecule has 0 unspecified atom stereocenters. The Labute approximate surface area is 178 Å². The third kappa shape index (κ3) is 3.79. The molecule has 3 heterocycles. The molecular weight excluding hydrogens is 394 g/mol. The smallest absolute Gasteiger partial charge is 0.257 e. The van der Waals surface area contributed by atoms with Gasteiger partial charge in [-0.25, -0.2) is 4.98 Å². The van der Waals surface area contributed by atoms with Crippen molar-refractivity contribution >= 4 is 39.9 Å². The molecule has 5 nitrogen and oxygen atoms in total. The van der Waals surface area contributed by atoms with Crippen LogP contribution in [0, 0.1) is 0 Å². The Bertz CT molecular complexity index is 1170. The van der Waals surface area contributed by atoms with E-state index in [2.05, 4.69) is 29.2 Å². The Kier molecular flexibility index (Phi) is 5.17. The highest BCUT2D eigenvalue weighted by atomic mass is 32.1. The average molecular weight is 416 g/mol.